The standard InChI is InChI=1S/C10H24N2O2/c1-3-9(7-13)11-5-6-12-10(4-2)8-14/h9-14H,3-8H2,1-2H3/t9-,10-/m1/s1/i5D2,6D2,7D2,8D2,9D,10D,13D,14D/hD2. The molecule has 0 saturated carbocycles. The highest BCUT2D eigenvalue weighted by molar-refractivity contribution is 4.67. The van der Waals surface area contributed by atoms with E-state index in [1.165, 1.54) is 13.8 Å². The summed E-state index contributed by atoms with van der Waals surface area (Å²) in [5.74, 6) is 0. The van der Waals surface area contributed by atoms with Gasteiger partial charge in [-0.05, 0) is 12.8 Å². The van der Waals surface area contributed by atoms with Gasteiger partial charge in [-0.25, -0.2) is 0 Å². The summed E-state index contributed by atoms with van der Waals surface area (Å²) >= 11 is 0. The van der Waals surface area contributed by atoms with Crippen LogP contribution in [-0.2, 0) is 0 Å². The van der Waals surface area contributed by atoms with E-state index >= 15 is 0 Å². The van der Waals surface area contributed by atoms with Gasteiger partial charge >= 0.3 is 0 Å². The van der Waals surface area contributed by atoms with Crippen LogP contribution in [0.15, 0.2) is 0 Å². The van der Waals surface area contributed by atoms with Gasteiger partial charge in [0.15, 0.2) is 0 Å². The van der Waals surface area contributed by atoms with Crippen LogP contribution in [0.5, 0.6) is 0 Å². The lowest BCUT2D eigenvalue weighted by molar-refractivity contribution is 0.229. The molecule has 14 heavy (non-hydrogen) atoms. The molecule has 0 heterocycles. The van der Waals surface area contributed by atoms with Crippen LogP contribution in [0, 0.1) is 0 Å². The second kappa shape index (κ2) is 9.40. The summed E-state index contributed by atoms with van der Waals surface area (Å²) in [7, 11) is 0. The number of rotatable bonds is 11. The molecule has 2 atom stereocenters. The van der Waals surface area contributed by atoms with Gasteiger partial charge < -0.3 is 20.8 Å². The first-order valence-corrected chi connectivity index (χ1v) is 4.17. The van der Waals surface area contributed by atoms with E-state index in [2.05, 4.69) is 10.2 Å². The van der Waals surface area contributed by atoms with Gasteiger partial charge in [-0.15, -0.1) is 0 Å². The van der Waals surface area contributed by atoms with Crippen molar-refractivity contribution < 1.29 is 26.7 Å². The van der Waals surface area contributed by atoms with E-state index in [1.807, 2.05) is 0 Å². The molecule has 4 nitrogen and oxygen atoms in total. The summed E-state index contributed by atoms with van der Waals surface area (Å²) in [4.78, 5) is 0. The molecule has 0 bridgehead atoms. The van der Waals surface area contributed by atoms with Crippen molar-refractivity contribution in [2.24, 2.45) is 0 Å². The molecule has 0 saturated heterocycles. The molecule has 0 unspecified atom stereocenters. The van der Waals surface area contributed by atoms with Gasteiger partial charge in [-0.3, -0.25) is 0 Å². The van der Waals surface area contributed by atoms with Crippen LogP contribution in [0.3, 0.4) is 0 Å². The minimum Gasteiger partial charge on any atom is -0.395 e. The highest BCUT2D eigenvalue weighted by Gasteiger charge is 2.04. The Morgan fingerprint density at radius 3 is 1.93 bits per heavy atom. The first-order valence-electron chi connectivity index (χ1n) is 10.9. The zero-order valence-corrected chi connectivity index (χ0v) is 8.13. The Hall–Kier alpha value is -0.160. The predicted molar refractivity (Wildman–Crippen MR) is 58.3 cm³/mol. The second-order valence-corrected chi connectivity index (χ2v) is 2.25. The Morgan fingerprint density at radius 2 is 1.64 bits per heavy atom. The zero-order valence-electron chi connectivity index (χ0n) is 22.1. The lowest BCUT2D eigenvalue weighted by Gasteiger charge is -2.17. The molecule has 0 aromatic rings. The highest BCUT2D eigenvalue weighted by atomic mass is 16.3. The summed E-state index contributed by atoms with van der Waals surface area (Å²) < 4.78 is 108. The maximum atomic E-state index is 8.07. The average molecular weight is 218 g/mol. The molecule has 0 radical (unpaired) electrons. The highest BCUT2D eigenvalue weighted by Crippen LogP contribution is 1.89. The van der Waals surface area contributed by atoms with Gasteiger partial charge in [-0.2, -0.15) is 0 Å². The van der Waals surface area contributed by atoms with Crippen LogP contribution in [0.2, 0.25) is 2.82 Å². The molecule has 86 valence electrons. The van der Waals surface area contributed by atoms with Gasteiger partial charge in [0.05, 0.1) is 18.6 Å². The van der Waals surface area contributed by atoms with E-state index in [1.54, 1.807) is 0 Å². The molecule has 4 N–H and O–H groups in total. The Bertz CT molecular complexity index is 490. The van der Waals surface area contributed by atoms with Crippen LogP contribution in [0.25, 0.3) is 0 Å². The molecule has 0 fully saturated rings. The van der Waals surface area contributed by atoms with E-state index in [9.17, 15) is 0 Å². The van der Waals surface area contributed by atoms with Crippen molar-refractivity contribution in [3.63, 3.8) is 0 Å². The molecule has 0 amide bonds. The fourth-order valence-electron chi connectivity index (χ4n) is 0.533. The lowest BCUT2D eigenvalue weighted by atomic mass is 10.2. The van der Waals surface area contributed by atoms with Crippen molar-refractivity contribution in [3.8, 4) is 0 Å². The van der Waals surface area contributed by atoms with Gasteiger partial charge in [0, 0.05) is 33.3 Å². The van der Waals surface area contributed by atoms with Crippen LogP contribution in [-0.4, -0.2) is 51.2 Å². The third-order valence-electron chi connectivity index (χ3n) is 1.34. The van der Waals surface area contributed by atoms with E-state index in [0.717, 1.165) is 0 Å². The fraction of sp³-hybridized carbons (Fsp3) is 1.00. The van der Waals surface area contributed by atoms with Gasteiger partial charge in [-0.1, -0.05) is 13.8 Å². The molecular formula is C10H24N2O2. The van der Waals surface area contributed by atoms with Crippen LogP contribution in [0.1, 0.15) is 40.4 Å². The molecule has 0 aliphatic carbocycles. The summed E-state index contributed by atoms with van der Waals surface area (Å²) in [5.41, 5.74) is 0. The monoisotopic (exact) mass is 218 g/mol. The van der Waals surface area contributed by atoms with Gasteiger partial charge in [0.1, 0.15) is 2.82 Å². The summed E-state index contributed by atoms with van der Waals surface area (Å²) in [6, 6.07) is -5.90. The van der Waals surface area contributed by atoms with E-state index in [-0.39, 0.29) is 0 Å². The normalized spacial score (nSPS) is 39.1. The van der Waals surface area contributed by atoms with E-state index in [4.69, 9.17) is 19.4 Å². The quantitative estimate of drug-likeness (QED) is 0.385. The molecule has 0 aliphatic rings. The van der Waals surface area contributed by atoms with Gasteiger partial charge in [0.25, 0.3) is 0 Å². The van der Waals surface area contributed by atoms with Crippen molar-refractivity contribution in [1.82, 2.24) is 10.6 Å². The summed E-state index contributed by atoms with van der Waals surface area (Å²) in [5, 5.41) is 6.66. The number of nitrogens with one attached hydrogen (secondary N) is 2. The first kappa shape index (κ1) is 3.17. The summed E-state index contributed by atoms with van der Waals surface area (Å²) in [6.07, 6.45) is -1.27. The smallest absolute Gasteiger partial charge is 0.210 e. The molecule has 0 aliphatic heterocycles. The largest absolute Gasteiger partial charge is 0.395 e. The predicted octanol–water partition coefficient (Wildman–Crippen LogP) is -0.293. The second-order valence-electron chi connectivity index (χ2n) is 2.25. The molecule has 4 heteroatoms. The Morgan fingerprint density at radius 1 is 1.21 bits per heavy atom. The third-order valence-corrected chi connectivity index (χ3v) is 1.34. The SMILES string of the molecule is [2H]OC([2H])([2H])[C@@]([2H])(CC)N([2H])C([2H])([2H])C([2H])([2H])N([2H])[C@]([2H])(CC)C([2H])([2H])O[2H]. The topological polar surface area (TPSA) is 64.5 Å². The van der Waals surface area contributed by atoms with Crippen molar-refractivity contribution in [2.75, 3.05) is 26.1 Å². The van der Waals surface area contributed by atoms with Crippen molar-refractivity contribution in [1.29, 1.82) is 2.86 Å². The van der Waals surface area contributed by atoms with Crippen LogP contribution in [0.4, 0.5) is 0 Å². The third kappa shape index (κ3) is 6.32. The number of hydrogen-bond donors (Lipinski definition) is 4. The minimum atomic E-state index is -3.68. The Kier molecular flexibility index (Phi) is 2.13. The molecular weight excluding hydrogens is 180 g/mol. The maximum absolute atomic E-state index is 8.07. The van der Waals surface area contributed by atoms with Crippen molar-refractivity contribution in [2.45, 2.75) is 38.7 Å². The van der Waals surface area contributed by atoms with Crippen LogP contribution < -0.4 is 10.6 Å². The van der Waals surface area contributed by atoms with Crippen molar-refractivity contribution >= 4 is 0 Å². The maximum Gasteiger partial charge on any atom is 0.210 e. The molecule has 0 spiro atoms. The molecule has 0 rings (SSSR count). The number of hydrogen-bond acceptors (Lipinski definition) is 4. The van der Waals surface area contributed by atoms with E-state index < -0.39 is 61.6 Å². The summed E-state index contributed by atoms with van der Waals surface area (Å²) in [6.45, 7) is -11.5. The zero-order chi connectivity index (χ0) is 23.0. The van der Waals surface area contributed by atoms with Crippen LogP contribution >= 0.6 is 0 Å². The fourth-order valence-corrected chi connectivity index (χ4v) is 0.533. The number of aliphatic hydroxyl groups is 2. The Labute approximate surface area is 107 Å². The first-order chi connectivity index (χ1) is 12.3. The minimum absolute atomic E-state index is 0.455. The van der Waals surface area contributed by atoms with Gasteiger partial charge in [0.2, 0.25) is 2.86 Å². The average Bonchev–Trinajstić information content (AvgIpc) is 2.64. The van der Waals surface area contributed by atoms with Crippen molar-refractivity contribution in [3.05, 3.63) is 0 Å². The molecule has 0 aromatic heterocycles. The lowest BCUT2D eigenvalue weighted by Crippen LogP contribution is -2.40. The van der Waals surface area contributed by atoms with E-state index in [0.29, 0.717) is 0 Å². The Balaban J connectivity index is 6.38. The molecule has 0 aromatic carbocycles.